The van der Waals surface area contributed by atoms with Crippen LogP contribution in [0.1, 0.15) is 38.2 Å². The summed E-state index contributed by atoms with van der Waals surface area (Å²) in [7, 11) is 2.19. The minimum atomic E-state index is 0.331. The molecule has 5 heteroatoms. The average Bonchev–Trinajstić information content (AvgIpc) is 2.36. The molecular weight excluding hydrogens is 238 g/mol. The molecule has 5 nitrogen and oxygen atoms in total. The van der Waals surface area contributed by atoms with Gasteiger partial charge in [0.2, 0.25) is 0 Å². The van der Waals surface area contributed by atoms with E-state index in [1.165, 1.54) is 25.7 Å². The molecule has 106 valence electrons. The fourth-order valence-electron chi connectivity index (χ4n) is 2.80. The Morgan fingerprint density at radius 3 is 2.95 bits per heavy atom. The predicted octanol–water partition coefficient (Wildman–Crippen LogP) is 1.94. The second-order valence-corrected chi connectivity index (χ2v) is 5.83. The minimum absolute atomic E-state index is 0.331. The Morgan fingerprint density at radius 2 is 2.26 bits per heavy atom. The highest BCUT2D eigenvalue weighted by Crippen LogP contribution is 2.26. The van der Waals surface area contributed by atoms with Crippen LogP contribution in [0.25, 0.3) is 0 Å². The van der Waals surface area contributed by atoms with Crippen molar-refractivity contribution in [2.45, 2.75) is 32.6 Å². The van der Waals surface area contributed by atoms with E-state index in [0.29, 0.717) is 17.7 Å². The first-order valence-electron chi connectivity index (χ1n) is 7.10. The van der Waals surface area contributed by atoms with E-state index < -0.39 is 0 Å². The smallest absolute Gasteiger partial charge is 0.134 e. The summed E-state index contributed by atoms with van der Waals surface area (Å²) in [6.07, 6.45) is 4.11. The molecule has 1 atom stereocenters. The predicted molar refractivity (Wildman–Crippen MR) is 79.2 cm³/mol. The summed E-state index contributed by atoms with van der Waals surface area (Å²) in [5.74, 6) is 2.51. The molecule has 1 unspecified atom stereocenters. The number of nitrogens with zero attached hydrogens (tertiary/aromatic N) is 3. The summed E-state index contributed by atoms with van der Waals surface area (Å²) in [6.45, 7) is 7.57. The summed E-state index contributed by atoms with van der Waals surface area (Å²) >= 11 is 0. The third-order valence-corrected chi connectivity index (χ3v) is 3.77. The van der Waals surface area contributed by atoms with E-state index in [9.17, 15) is 0 Å². The van der Waals surface area contributed by atoms with Crippen molar-refractivity contribution >= 4 is 11.6 Å². The lowest BCUT2D eigenvalue weighted by Crippen LogP contribution is -2.35. The molecule has 0 aromatic carbocycles. The van der Waals surface area contributed by atoms with E-state index >= 15 is 0 Å². The summed E-state index contributed by atoms with van der Waals surface area (Å²) in [5, 5.41) is 3.47. The Balaban J connectivity index is 2.01. The van der Waals surface area contributed by atoms with Gasteiger partial charge in [0.1, 0.15) is 18.0 Å². The molecule has 1 aromatic heterocycles. The van der Waals surface area contributed by atoms with Gasteiger partial charge >= 0.3 is 0 Å². The molecule has 1 aliphatic rings. The van der Waals surface area contributed by atoms with Gasteiger partial charge in [-0.15, -0.1) is 0 Å². The molecule has 0 amide bonds. The van der Waals surface area contributed by atoms with Crippen LogP contribution in [0.15, 0.2) is 6.33 Å². The molecular formula is C14H25N5. The Morgan fingerprint density at radius 1 is 1.47 bits per heavy atom. The standard InChI is InChI=1S/C14H25N5/c1-10(2)12-13(15)17-9-18-14(12)16-7-11-5-4-6-19(3)8-11/h9-11H,4-8H2,1-3H3,(H3,15,16,17,18). The van der Waals surface area contributed by atoms with Crippen LogP contribution < -0.4 is 11.1 Å². The van der Waals surface area contributed by atoms with Crippen LogP contribution in [-0.2, 0) is 0 Å². The number of nitrogen functional groups attached to an aromatic ring is 1. The Kier molecular flexibility index (Phi) is 4.58. The lowest BCUT2D eigenvalue weighted by Gasteiger charge is -2.30. The van der Waals surface area contributed by atoms with Gasteiger partial charge in [0.25, 0.3) is 0 Å². The van der Waals surface area contributed by atoms with Crippen molar-refractivity contribution in [2.75, 3.05) is 37.7 Å². The number of hydrogen-bond donors (Lipinski definition) is 2. The molecule has 0 saturated carbocycles. The maximum absolute atomic E-state index is 5.95. The topological polar surface area (TPSA) is 67.1 Å². The SMILES string of the molecule is CC(C)c1c(N)ncnc1NCC1CCCN(C)C1. The number of likely N-dealkylation sites (tertiary alicyclic amines) is 1. The van der Waals surface area contributed by atoms with Crippen molar-refractivity contribution < 1.29 is 0 Å². The van der Waals surface area contributed by atoms with E-state index in [0.717, 1.165) is 24.5 Å². The summed E-state index contributed by atoms with van der Waals surface area (Å²) in [4.78, 5) is 10.8. The van der Waals surface area contributed by atoms with E-state index in [1.54, 1.807) is 0 Å². The van der Waals surface area contributed by atoms with E-state index in [1.807, 2.05) is 0 Å². The zero-order valence-corrected chi connectivity index (χ0v) is 12.2. The summed E-state index contributed by atoms with van der Waals surface area (Å²) < 4.78 is 0. The number of piperidine rings is 1. The molecule has 1 aromatic rings. The number of anilines is 2. The number of rotatable bonds is 4. The fraction of sp³-hybridized carbons (Fsp3) is 0.714. The number of nitrogens with one attached hydrogen (secondary N) is 1. The van der Waals surface area contributed by atoms with Gasteiger partial charge in [0, 0.05) is 18.7 Å². The van der Waals surface area contributed by atoms with E-state index in [-0.39, 0.29) is 0 Å². The Labute approximate surface area is 115 Å². The lowest BCUT2D eigenvalue weighted by atomic mass is 9.98. The highest BCUT2D eigenvalue weighted by atomic mass is 15.1. The van der Waals surface area contributed by atoms with Crippen LogP contribution in [0.5, 0.6) is 0 Å². The van der Waals surface area contributed by atoms with Crippen molar-refractivity contribution in [2.24, 2.45) is 5.92 Å². The maximum Gasteiger partial charge on any atom is 0.134 e. The van der Waals surface area contributed by atoms with Gasteiger partial charge in [0.05, 0.1) is 0 Å². The first-order chi connectivity index (χ1) is 9.08. The van der Waals surface area contributed by atoms with Crippen molar-refractivity contribution in [3.8, 4) is 0 Å². The van der Waals surface area contributed by atoms with Gasteiger partial charge in [0.15, 0.2) is 0 Å². The van der Waals surface area contributed by atoms with E-state index in [2.05, 4.69) is 41.1 Å². The molecule has 0 radical (unpaired) electrons. The third-order valence-electron chi connectivity index (χ3n) is 3.77. The summed E-state index contributed by atoms with van der Waals surface area (Å²) in [5.41, 5.74) is 6.99. The first-order valence-corrected chi connectivity index (χ1v) is 7.10. The second-order valence-electron chi connectivity index (χ2n) is 5.83. The Bertz CT molecular complexity index is 418. The molecule has 0 spiro atoms. The van der Waals surface area contributed by atoms with Gasteiger partial charge in [-0.3, -0.25) is 0 Å². The highest BCUT2D eigenvalue weighted by molar-refractivity contribution is 5.56. The van der Waals surface area contributed by atoms with Crippen molar-refractivity contribution in [1.29, 1.82) is 0 Å². The largest absolute Gasteiger partial charge is 0.383 e. The van der Waals surface area contributed by atoms with Crippen LogP contribution >= 0.6 is 0 Å². The number of nitrogens with two attached hydrogens (primary N) is 1. The van der Waals surface area contributed by atoms with Crippen LogP contribution in [-0.4, -0.2) is 41.5 Å². The van der Waals surface area contributed by atoms with Crippen LogP contribution in [0, 0.1) is 5.92 Å². The number of aromatic nitrogens is 2. The zero-order chi connectivity index (χ0) is 13.8. The zero-order valence-electron chi connectivity index (χ0n) is 12.2. The summed E-state index contributed by atoms with van der Waals surface area (Å²) in [6, 6.07) is 0. The number of hydrogen-bond acceptors (Lipinski definition) is 5. The molecule has 2 heterocycles. The molecule has 1 fully saturated rings. The maximum atomic E-state index is 5.95. The van der Waals surface area contributed by atoms with Crippen molar-refractivity contribution in [3.05, 3.63) is 11.9 Å². The quantitative estimate of drug-likeness (QED) is 0.869. The van der Waals surface area contributed by atoms with Gasteiger partial charge in [-0.25, -0.2) is 9.97 Å². The first kappa shape index (κ1) is 14.1. The second kappa shape index (κ2) is 6.19. The molecule has 2 rings (SSSR count). The third kappa shape index (κ3) is 3.56. The average molecular weight is 263 g/mol. The van der Waals surface area contributed by atoms with Crippen LogP contribution in [0.4, 0.5) is 11.6 Å². The molecule has 19 heavy (non-hydrogen) atoms. The molecule has 0 aliphatic carbocycles. The highest BCUT2D eigenvalue weighted by Gasteiger charge is 2.18. The van der Waals surface area contributed by atoms with Gasteiger partial charge in [-0.05, 0) is 38.3 Å². The molecule has 1 aliphatic heterocycles. The van der Waals surface area contributed by atoms with Gasteiger partial charge in [-0.2, -0.15) is 0 Å². The fourth-order valence-corrected chi connectivity index (χ4v) is 2.80. The van der Waals surface area contributed by atoms with Crippen molar-refractivity contribution in [1.82, 2.24) is 14.9 Å². The van der Waals surface area contributed by atoms with Gasteiger partial charge in [-0.1, -0.05) is 13.8 Å². The monoisotopic (exact) mass is 263 g/mol. The van der Waals surface area contributed by atoms with E-state index in [4.69, 9.17) is 5.73 Å². The van der Waals surface area contributed by atoms with Crippen LogP contribution in [0.2, 0.25) is 0 Å². The molecule has 1 saturated heterocycles. The molecule has 0 bridgehead atoms. The Hall–Kier alpha value is -1.36. The van der Waals surface area contributed by atoms with Crippen LogP contribution in [0.3, 0.4) is 0 Å². The van der Waals surface area contributed by atoms with Crippen molar-refractivity contribution in [3.63, 3.8) is 0 Å². The normalized spacial score (nSPS) is 20.7. The lowest BCUT2D eigenvalue weighted by molar-refractivity contribution is 0.217. The van der Waals surface area contributed by atoms with Gasteiger partial charge < -0.3 is 16.0 Å². The minimum Gasteiger partial charge on any atom is -0.383 e. The molecule has 3 N–H and O–H groups in total.